The number of sulfonamides is 1. The van der Waals surface area contributed by atoms with Gasteiger partial charge in [0.2, 0.25) is 0 Å². The maximum absolute atomic E-state index is 13.8. The zero-order chi connectivity index (χ0) is 22.3. The van der Waals surface area contributed by atoms with Gasteiger partial charge in [0.25, 0.3) is 10.0 Å². The molecule has 2 heterocycles. The average Bonchev–Trinajstić information content (AvgIpc) is 3.29. The Labute approximate surface area is 172 Å². The molecule has 0 amide bonds. The summed E-state index contributed by atoms with van der Waals surface area (Å²) in [6.07, 6.45) is -6.05. The van der Waals surface area contributed by atoms with E-state index in [2.05, 4.69) is 0 Å². The molecule has 1 aliphatic rings. The molecule has 1 aliphatic heterocycles. The van der Waals surface area contributed by atoms with E-state index in [1.54, 1.807) is 6.07 Å². The Morgan fingerprint density at radius 2 is 2.03 bits per heavy atom. The Hall–Kier alpha value is -2.24. The standard InChI is InChI=1S/C17H14F4N2O5S2/c18-12-5-11(2-1-10(12)6-22)28-13-7-23(8-16(13,25)9-24)30(26,27)15-4-3-14(29-15)17(19,20)21/h1-5,13,24-25H,7-9H2/t13-,16+/m0/s1. The van der Waals surface area contributed by atoms with Crippen molar-refractivity contribution < 1.29 is 40.9 Å². The number of halogens is 4. The third kappa shape index (κ3) is 4.14. The third-order valence-corrected chi connectivity index (χ3v) is 7.90. The van der Waals surface area contributed by atoms with Crippen molar-refractivity contribution in [3.8, 4) is 11.8 Å². The van der Waals surface area contributed by atoms with Gasteiger partial charge < -0.3 is 14.9 Å². The summed E-state index contributed by atoms with van der Waals surface area (Å²) in [6, 6.07) is 6.28. The van der Waals surface area contributed by atoms with Crippen molar-refractivity contribution in [2.45, 2.75) is 22.1 Å². The number of hydrogen-bond acceptors (Lipinski definition) is 7. The normalized spacial score (nSPS) is 22.8. The van der Waals surface area contributed by atoms with Gasteiger partial charge in [-0.15, -0.1) is 11.3 Å². The van der Waals surface area contributed by atoms with Crippen LogP contribution in [0.3, 0.4) is 0 Å². The van der Waals surface area contributed by atoms with E-state index >= 15 is 0 Å². The zero-order valence-electron chi connectivity index (χ0n) is 14.9. The Bertz CT molecular complexity index is 1100. The number of rotatable bonds is 5. The molecule has 2 atom stereocenters. The summed E-state index contributed by atoms with van der Waals surface area (Å²) in [4.78, 5) is -1.10. The van der Waals surface area contributed by atoms with Crippen LogP contribution in [0.25, 0.3) is 0 Å². The second-order valence-corrected chi connectivity index (χ2v) is 9.78. The van der Waals surface area contributed by atoms with E-state index in [-0.39, 0.29) is 22.6 Å². The minimum atomic E-state index is -4.71. The molecule has 0 spiro atoms. The van der Waals surface area contributed by atoms with E-state index in [0.29, 0.717) is 10.4 Å². The van der Waals surface area contributed by atoms with Gasteiger partial charge in [0, 0.05) is 12.6 Å². The van der Waals surface area contributed by atoms with Crippen LogP contribution in [0.4, 0.5) is 17.6 Å². The highest BCUT2D eigenvalue weighted by Gasteiger charge is 2.51. The first-order valence-electron chi connectivity index (χ1n) is 8.27. The SMILES string of the molecule is N#Cc1ccc(O[C@H]2CN(S(=O)(=O)c3ccc(C(F)(F)F)s3)C[C@@]2(O)CO)cc1F. The van der Waals surface area contributed by atoms with Crippen molar-refractivity contribution in [3.05, 3.63) is 46.6 Å². The predicted molar refractivity (Wildman–Crippen MR) is 95.6 cm³/mol. The first-order valence-corrected chi connectivity index (χ1v) is 10.5. The second kappa shape index (κ2) is 7.78. The van der Waals surface area contributed by atoms with Crippen molar-refractivity contribution in [2.24, 2.45) is 0 Å². The van der Waals surface area contributed by atoms with Crippen molar-refractivity contribution in [1.82, 2.24) is 4.31 Å². The molecule has 30 heavy (non-hydrogen) atoms. The van der Waals surface area contributed by atoms with Gasteiger partial charge in [0.15, 0.2) is 0 Å². The first-order chi connectivity index (χ1) is 13.9. The largest absolute Gasteiger partial charge is 0.486 e. The molecule has 7 nitrogen and oxygen atoms in total. The van der Waals surface area contributed by atoms with E-state index < -0.39 is 62.5 Å². The monoisotopic (exact) mass is 466 g/mol. The highest BCUT2D eigenvalue weighted by molar-refractivity contribution is 7.91. The summed E-state index contributed by atoms with van der Waals surface area (Å²) < 4.78 is 83.2. The number of nitriles is 1. The summed E-state index contributed by atoms with van der Waals surface area (Å²) in [5.41, 5.74) is -2.34. The first kappa shape index (κ1) is 22.4. The van der Waals surface area contributed by atoms with Crippen LogP contribution in [0.5, 0.6) is 5.75 Å². The number of β-amino-alcohol motifs (C(OH)–C–C–N with tert-alkyl or cyclic N) is 1. The number of thiophene rings is 1. The van der Waals surface area contributed by atoms with Gasteiger partial charge in [-0.3, -0.25) is 0 Å². The number of aliphatic hydroxyl groups excluding tert-OH is 1. The molecule has 162 valence electrons. The third-order valence-electron chi connectivity index (χ3n) is 4.49. The molecule has 2 N–H and O–H groups in total. The maximum atomic E-state index is 13.8. The van der Waals surface area contributed by atoms with Crippen molar-refractivity contribution in [3.63, 3.8) is 0 Å². The lowest BCUT2D eigenvalue weighted by Crippen LogP contribution is -2.48. The van der Waals surface area contributed by atoms with Crippen LogP contribution >= 0.6 is 11.3 Å². The highest BCUT2D eigenvalue weighted by atomic mass is 32.2. The van der Waals surface area contributed by atoms with Gasteiger partial charge in [-0.25, -0.2) is 12.8 Å². The predicted octanol–water partition coefficient (Wildman–Crippen LogP) is 1.95. The number of aliphatic hydroxyl groups is 2. The van der Waals surface area contributed by atoms with Gasteiger partial charge >= 0.3 is 6.18 Å². The summed E-state index contributed by atoms with van der Waals surface area (Å²) in [6.45, 7) is -2.06. The smallest absolute Gasteiger partial charge is 0.425 e. The fourth-order valence-electron chi connectivity index (χ4n) is 2.87. The van der Waals surface area contributed by atoms with E-state index in [0.717, 1.165) is 18.2 Å². The number of nitrogens with zero attached hydrogens (tertiary/aromatic N) is 2. The van der Waals surface area contributed by atoms with E-state index in [1.165, 1.54) is 6.07 Å². The van der Waals surface area contributed by atoms with Crippen LogP contribution < -0.4 is 4.74 Å². The Morgan fingerprint density at radius 1 is 1.33 bits per heavy atom. The average molecular weight is 466 g/mol. The molecule has 3 rings (SSSR count). The van der Waals surface area contributed by atoms with Crippen molar-refractivity contribution in [1.29, 1.82) is 5.26 Å². The maximum Gasteiger partial charge on any atom is 0.425 e. The zero-order valence-corrected chi connectivity index (χ0v) is 16.6. The van der Waals surface area contributed by atoms with Gasteiger partial charge in [0.05, 0.1) is 18.7 Å². The Balaban J connectivity index is 1.86. The van der Waals surface area contributed by atoms with Gasteiger partial charge in [0.1, 0.15) is 38.4 Å². The van der Waals surface area contributed by atoms with Crippen molar-refractivity contribution in [2.75, 3.05) is 19.7 Å². The van der Waals surface area contributed by atoms with Gasteiger partial charge in [-0.1, -0.05) is 0 Å². The van der Waals surface area contributed by atoms with Gasteiger partial charge in [-0.05, 0) is 24.3 Å². The molecule has 13 heteroatoms. The molecular formula is C17H14F4N2O5S2. The number of benzene rings is 1. The Kier molecular flexibility index (Phi) is 5.82. The summed E-state index contributed by atoms with van der Waals surface area (Å²) in [5, 5.41) is 28.9. The van der Waals surface area contributed by atoms with E-state index in [4.69, 9.17) is 10.00 Å². The summed E-state index contributed by atoms with van der Waals surface area (Å²) in [5.74, 6) is -1.03. The molecule has 1 fully saturated rings. The minimum absolute atomic E-state index is 0.0328. The molecule has 0 radical (unpaired) electrons. The summed E-state index contributed by atoms with van der Waals surface area (Å²) in [7, 11) is -4.42. The fraction of sp³-hybridized carbons (Fsp3) is 0.353. The number of alkyl halides is 3. The van der Waals surface area contributed by atoms with Gasteiger partial charge in [-0.2, -0.15) is 22.7 Å². The molecule has 2 aromatic rings. The van der Waals surface area contributed by atoms with E-state index in [9.17, 15) is 36.2 Å². The fourth-order valence-corrected chi connectivity index (χ4v) is 5.70. The molecule has 1 aromatic heterocycles. The molecular weight excluding hydrogens is 452 g/mol. The van der Waals surface area contributed by atoms with Crippen LogP contribution in [0, 0.1) is 17.1 Å². The molecule has 0 aliphatic carbocycles. The lowest BCUT2D eigenvalue weighted by Gasteiger charge is -2.27. The molecule has 0 bridgehead atoms. The van der Waals surface area contributed by atoms with Crippen LogP contribution in [-0.2, 0) is 16.2 Å². The number of ether oxygens (including phenoxy) is 1. The molecule has 1 saturated heterocycles. The second-order valence-electron chi connectivity index (χ2n) is 6.54. The lowest BCUT2D eigenvalue weighted by molar-refractivity contribution is -0.134. The molecule has 0 unspecified atom stereocenters. The topological polar surface area (TPSA) is 111 Å². The van der Waals surface area contributed by atoms with E-state index in [1.807, 2.05) is 0 Å². The lowest BCUT2D eigenvalue weighted by atomic mass is 10.0. The van der Waals surface area contributed by atoms with Crippen LogP contribution in [-0.4, -0.2) is 54.3 Å². The number of hydrogen-bond donors (Lipinski definition) is 2. The Morgan fingerprint density at radius 3 is 2.57 bits per heavy atom. The quantitative estimate of drug-likeness (QED) is 0.652. The van der Waals surface area contributed by atoms with Crippen LogP contribution in [0.15, 0.2) is 34.5 Å². The van der Waals surface area contributed by atoms with Crippen molar-refractivity contribution >= 4 is 21.4 Å². The van der Waals surface area contributed by atoms with Crippen LogP contribution in [0.1, 0.15) is 10.4 Å². The highest BCUT2D eigenvalue weighted by Crippen LogP contribution is 2.38. The molecule has 1 aromatic carbocycles. The summed E-state index contributed by atoms with van der Waals surface area (Å²) >= 11 is 0.0328. The molecule has 0 saturated carbocycles. The van der Waals surface area contributed by atoms with Crippen LogP contribution in [0.2, 0.25) is 0 Å². The minimum Gasteiger partial charge on any atom is -0.486 e.